The number of methoxy groups -OCH3 is 1. The molecule has 1 N–H and O–H groups in total. The van der Waals surface area contributed by atoms with Crippen molar-refractivity contribution in [1.82, 2.24) is 0 Å². The summed E-state index contributed by atoms with van der Waals surface area (Å²) in [5.74, 6) is -0.532. The van der Waals surface area contributed by atoms with Crippen molar-refractivity contribution in [2.75, 3.05) is 7.11 Å². The van der Waals surface area contributed by atoms with Gasteiger partial charge in [0.25, 0.3) is 0 Å². The lowest BCUT2D eigenvalue weighted by Gasteiger charge is -2.10. The largest absolute Gasteiger partial charge is 0.469 e. The van der Waals surface area contributed by atoms with Gasteiger partial charge in [-0.2, -0.15) is 0 Å². The molecule has 0 aromatic rings. The van der Waals surface area contributed by atoms with E-state index in [1.807, 2.05) is 0 Å². The van der Waals surface area contributed by atoms with Gasteiger partial charge in [0.15, 0.2) is 0 Å². The first kappa shape index (κ1) is 7.54. The predicted molar refractivity (Wildman–Crippen MR) is 35.4 cm³/mol. The van der Waals surface area contributed by atoms with E-state index in [0.717, 1.165) is 19.3 Å². The molecular formula is C7H12O3. The molecule has 0 radical (unpaired) electrons. The molecule has 3 heteroatoms. The Hall–Kier alpha value is -0.570. The lowest BCUT2D eigenvalue weighted by molar-refractivity contribution is -0.148. The minimum absolute atomic E-state index is 0.259. The summed E-state index contributed by atoms with van der Waals surface area (Å²) >= 11 is 0. The topological polar surface area (TPSA) is 46.5 Å². The normalized spacial score (nSPS) is 32.2. The minimum atomic E-state index is -0.465. The van der Waals surface area contributed by atoms with Gasteiger partial charge in [-0.1, -0.05) is 0 Å². The highest BCUT2D eigenvalue weighted by atomic mass is 16.5. The number of rotatable bonds is 1. The van der Waals surface area contributed by atoms with Crippen LogP contribution in [-0.4, -0.2) is 24.3 Å². The average molecular weight is 144 g/mol. The smallest absolute Gasteiger partial charge is 0.311 e. The Labute approximate surface area is 60.0 Å². The fourth-order valence-electron chi connectivity index (χ4n) is 1.37. The monoisotopic (exact) mass is 144 g/mol. The highest BCUT2D eigenvalue weighted by molar-refractivity contribution is 5.73. The third-order valence-electron chi connectivity index (χ3n) is 1.98. The van der Waals surface area contributed by atoms with Gasteiger partial charge in [-0.15, -0.1) is 0 Å². The van der Waals surface area contributed by atoms with Crippen molar-refractivity contribution < 1.29 is 14.6 Å². The summed E-state index contributed by atoms with van der Waals surface area (Å²) in [5, 5.41) is 9.19. The molecular weight excluding hydrogens is 132 g/mol. The molecule has 1 aliphatic rings. The van der Waals surface area contributed by atoms with Crippen molar-refractivity contribution in [1.29, 1.82) is 0 Å². The van der Waals surface area contributed by atoms with Crippen molar-refractivity contribution in [3.05, 3.63) is 0 Å². The molecule has 0 amide bonds. The fourth-order valence-corrected chi connectivity index (χ4v) is 1.37. The molecule has 0 heterocycles. The van der Waals surface area contributed by atoms with Crippen LogP contribution in [0.4, 0.5) is 0 Å². The number of ether oxygens (including phenoxy) is 1. The first-order chi connectivity index (χ1) is 4.75. The van der Waals surface area contributed by atoms with Crippen LogP contribution in [-0.2, 0) is 9.53 Å². The Balaban J connectivity index is 2.46. The van der Waals surface area contributed by atoms with E-state index in [0.29, 0.717) is 0 Å². The van der Waals surface area contributed by atoms with E-state index >= 15 is 0 Å². The zero-order valence-corrected chi connectivity index (χ0v) is 6.04. The van der Waals surface area contributed by atoms with E-state index < -0.39 is 6.10 Å². The molecule has 0 aromatic carbocycles. The fraction of sp³-hybridized carbons (Fsp3) is 0.857. The van der Waals surface area contributed by atoms with Gasteiger partial charge in [0.2, 0.25) is 0 Å². The second kappa shape index (κ2) is 3.01. The van der Waals surface area contributed by atoms with Crippen LogP contribution in [0.25, 0.3) is 0 Å². The molecule has 1 unspecified atom stereocenters. The van der Waals surface area contributed by atoms with Crippen molar-refractivity contribution in [3.63, 3.8) is 0 Å². The molecule has 0 aliphatic heterocycles. The van der Waals surface area contributed by atoms with Crippen LogP contribution in [0.2, 0.25) is 0 Å². The number of hydrogen-bond acceptors (Lipinski definition) is 3. The molecule has 3 nitrogen and oxygen atoms in total. The molecule has 1 fully saturated rings. The summed E-state index contributed by atoms with van der Waals surface area (Å²) in [6.45, 7) is 0. The molecule has 1 saturated carbocycles. The molecule has 0 bridgehead atoms. The first-order valence-corrected chi connectivity index (χ1v) is 3.51. The van der Waals surface area contributed by atoms with Crippen molar-refractivity contribution in [3.8, 4) is 0 Å². The summed E-state index contributed by atoms with van der Waals surface area (Å²) in [4.78, 5) is 10.8. The maximum absolute atomic E-state index is 10.8. The highest BCUT2D eigenvalue weighted by Gasteiger charge is 2.31. The summed E-state index contributed by atoms with van der Waals surface area (Å²) in [6.07, 6.45) is 1.97. The maximum Gasteiger partial charge on any atom is 0.311 e. The predicted octanol–water partition coefficient (Wildman–Crippen LogP) is 0.320. The van der Waals surface area contributed by atoms with Crippen LogP contribution in [0.3, 0.4) is 0 Å². The number of aliphatic hydroxyl groups is 1. The first-order valence-electron chi connectivity index (χ1n) is 3.51. The van der Waals surface area contributed by atoms with E-state index in [4.69, 9.17) is 0 Å². The van der Waals surface area contributed by atoms with Gasteiger partial charge in [-0.3, -0.25) is 4.79 Å². The van der Waals surface area contributed by atoms with Gasteiger partial charge in [0, 0.05) is 0 Å². The van der Waals surface area contributed by atoms with E-state index in [-0.39, 0.29) is 11.9 Å². The van der Waals surface area contributed by atoms with E-state index in [1.165, 1.54) is 7.11 Å². The zero-order valence-electron chi connectivity index (χ0n) is 6.04. The van der Waals surface area contributed by atoms with Gasteiger partial charge in [-0.05, 0) is 19.3 Å². The highest BCUT2D eigenvalue weighted by Crippen LogP contribution is 2.26. The number of esters is 1. The third-order valence-corrected chi connectivity index (χ3v) is 1.98. The second-order valence-electron chi connectivity index (χ2n) is 2.63. The minimum Gasteiger partial charge on any atom is -0.469 e. The number of carbonyl (C=O) groups is 1. The van der Waals surface area contributed by atoms with E-state index in [2.05, 4.69) is 4.74 Å². The summed E-state index contributed by atoms with van der Waals surface area (Å²) in [5.41, 5.74) is 0. The van der Waals surface area contributed by atoms with Gasteiger partial charge < -0.3 is 9.84 Å². The molecule has 1 rings (SSSR count). The van der Waals surface area contributed by atoms with Crippen LogP contribution in [0.5, 0.6) is 0 Å². The molecule has 0 aromatic heterocycles. The van der Waals surface area contributed by atoms with Gasteiger partial charge >= 0.3 is 5.97 Å². The lowest BCUT2D eigenvalue weighted by atomic mass is 10.1. The van der Waals surface area contributed by atoms with Crippen LogP contribution in [0, 0.1) is 5.92 Å². The Kier molecular flexibility index (Phi) is 2.27. The Morgan fingerprint density at radius 1 is 1.60 bits per heavy atom. The Morgan fingerprint density at radius 3 is 2.70 bits per heavy atom. The summed E-state index contributed by atoms with van der Waals surface area (Å²) in [7, 11) is 1.35. The molecule has 2 atom stereocenters. The van der Waals surface area contributed by atoms with Gasteiger partial charge in [0.05, 0.1) is 19.1 Å². The summed E-state index contributed by atoms with van der Waals surface area (Å²) in [6, 6.07) is 0. The van der Waals surface area contributed by atoms with Crippen molar-refractivity contribution >= 4 is 5.97 Å². The molecule has 58 valence electrons. The number of carbonyl (C=O) groups excluding carboxylic acids is 1. The quantitative estimate of drug-likeness (QED) is 0.539. The Bertz CT molecular complexity index is 133. The van der Waals surface area contributed by atoms with Crippen molar-refractivity contribution in [2.45, 2.75) is 25.4 Å². The number of hydrogen-bond donors (Lipinski definition) is 1. The van der Waals surface area contributed by atoms with E-state index in [1.54, 1.807) is 0 Å². The van der Waals surface area contributed by atoms with Crippen molar-refractivity contribution in [2.24, 2.45) is 5.92 Å². The van der Waals surface area contributed by atoms with Crippen LogP contribution >= 0.6 is 0 Å². The Morgan fingerprint density at radius 2 is 2.30 bits per heavy atom. The molecule has 0 spiro atoms. The zero-order chi connectivity index (χ0) is 7.56. The van der Waals surface area contributed by atoms with Crippen LogP contribution in [0.1, 0.15) is 19.3 Å². The van der Waals surface area contributed by atoms with Crippen LogP contribution < -0.4 is 0 Å². The number of aliphatic hydroxyl groups excluding tert-OH is 1. The molecule has 0 saturated heterocycles. The SMILES string of the molecule is COC(=O)C1CCC[C@@H]1O. The lowest BCUT2D eigenvalue weighted by Crippen LogP contribution is -2.23. The maximum atomic E-state index is 10.8. The summed E-state index contributed by atoms with van der Waals surface area (Å²) < 4.78 is 4.51. The molecule has 10 heavy (non-hydrogen) atoms. The second-order valence-corrected chi connectivity index (χ2v) is 2.63. The van der Waals surface area contributed by atoms with E-state index in [9.17, 15) is 9.90 Å². The third kappa shape index (κ3) is 1.29. The molecule has 1 aliphatic carbocycles. The van der Waals surface area contributed by atoms with Crippen LogP contribution in [0.15, 0.2) is 0 Å². The van der Waals surface area contributed by atoms with Gasteiger partial charge in [-0.25, -0.2) is 0 Å². The standard InChI is InChI=1S/C7H12O3/c1-10-7(9)5-3-2-4-6(5)8/h5-6,8H,2-4H2,1H3/t5?,6-/m0/s1. The van der Waals surface area contributed by atoms with Gasteiger partial charge in [0.1, 0.15) is 0 Å². The average Bonchev–Trinajstić information content (AvgIpc) is 2.34.